The number of esters is 1. The van der Waals surface area contributed by atoms with Crippen molar-refractivity contribution in [3.8, 4) is 0 Å². The van der Waals surface area contributed by atoms with E-state index in [1.54, 1.807) is 6.92 Å². The zero-order chi connectivity index (χ0) is 17.9. The largest absolute Gasteiger partial charge is 0.462 e. The average molecular weight is 359 g/mol. The van der Waals surface area contributed by atoms with Crippen LogP contribution in [0.2, 0.25) is 0 Å². The smallest absolute Gasteiger partial charge is 0.339 e. The van der Waals surface area contributed by atoms with E-state index >= 15 is 0 Å². The highest BCUT2D eigenvalue weighted by atomic mass is 32.2. The summed E-state index contributed by atoms with van der Waals surface area (Å²) in [6.07, 6.45) is -2.48. The third kappa shape index (κ3) is 3.76. The minimum absolute atomic E-state index is 0.0830. The lowest BCUT2D eigenvalue weighted by Gasteiger charge is -2.19. The Kier molecular flexibility index (Phi) is 5.94. The van der Waals surface area contributed by atoms with Crippen LogP contribution >= 0.6 is 0 Å². The highest BCUT2D eigenvalue weighted by Gasteiger charge is 2.43. The minimum atomic E-state index is -4.13. The van der Waals surface area contributed by atoms with Gasteiger partial charge in [0.15, 0.2) is 0 Å². The van der Waals surface area contributed by atoms with Crippen molar-refractivity contribution in [3.63, 3.8) is 0 Å². The van der Waals surface area contributed by atoms with Crippen molar-refractivity contribution in [2.45, 2.75) is 36.5 Å². The van der Waals surface area contributed by atoms with Crippen LogP contribution in [-0.4, -0.2) is 61.2 Å². The standard InChI is InChI=1S/C15H21NO7S/c1-2-23-15(20)10-5-3-4-6-12(10)24(21,22)16-11-7-9(8-17)13(18)14(11)19/h3-6,9,11,13-14,16-19H,2,7-8H2,1H3/t9-,11-,13-,14+/m1/s1. The number of hydrogen-bond donors (Lipinski definition) is 4. The lowest BCUT2D eigenvalue weighted by molar-refractivity contribution is 0.00171. The fourth-order valence-electron chi connectivity index (χ4n) is 2.76. The fourth-order valence-corrected chi connectivity index (χ4v) is 4.22. The molecule has 0 unspecified atom stereocenters. The molecule has 1 saturated carbocycles. The molecular weight excluding hydrogens is 338 g/mol. The Morgan fingerprint density at radius 3 is 2.54 bits per heavy atom. The van der Waals surface area contributed by atoms with Crippen LogP contribution in [-0.2, 0) is 14.8 Å². The summed E-state index contributed by atoms with van der Waals surface area (Å²) in [6, 6.07) is 4.62. The van der Waals surface area contributed by atoms with Crippen molar-refractivity contribution in [1.82, 2.24) is 4.72 Å². The molecule has 1 fully saturated rings. The first-order valence-electron chi connectivity index (χ1n) is 7.57. The molecule has 4 N–H and O–H groups in total. The first-order chi connectivity index (χ1) is 11.3. The number of aliphatic hydroxyl groups excluding tert-OH is 3. The topological polar surface area (TPSA) is 133 Å². The molecule has 0 aliphatic heterocycles. The number of ether oxygens (including phenoxy) is 1. The first-order valence-corrected chi connectivity index (χ1v) is 9.05. The number of aliphatic hydroxyl groups is 3. The molecule has 9 heteroatoms. The number of hydrogen-bond acceptors (Lipinski definition) is 7. The second-order valence-corrected chi connectivity index (χ2v) is 7.29. The predicted octanol–water partition coefficient (Wildman–Crippen LogP) is -0.756. The predicted molar refractivity (Wildman–Crippen MR) is 83.7 cm³/mol. The molecule has 0 heterocycles. The van der Waals surface area contributed by atoms with Gasteiger partial charge in [-0.15, -0.1) is 0 Å². The van der Waals surface area contributed by atoms with Gasteiger partial charge in [0.05, 0.1) is 35.3 Å². The van der Waals surface area contributed by atoms with Crippen LogP contribution in [0.3, 0.4) is 0 Å². The van der Waals surface area contributed by atoms with E-state index in [0.29, 0.717) is 0 Å². The van der Waals surface area contributed by atoms with Crippen LogP contribution in [0.25, 0.3) is 0 Å². The van der Waals surface area contributed by atoms with Crippen LogP contribution < -0.4 is 4.72 Å². The summed E-state index contributed by atoms with van der Waals surface area (Å²) in [5, 5.41) is 28.9. The zero-order valence-corrected chi connectivity index (χ0v) is 13.9. The van der Waals surface area contributed by atoms with Crippen molar-refractivity contribution in [2.24, 2.45) is 5.92 Å². The molecular formula is C15H21NO7S. The summed E-state index contributed by atoms with van der Waals surface area (Å²) in [6.45, 7) is 1.35. The number of rotatable bonds is 6. The number of benzene rings is 1. The Balaban J connectivity index is 2.27. The van der Waals surface area contributed by atoms with E-state index in [9.17, 15) is 23.4 Å². The van der Waals surface area contributed by atoms with E-state index in [0.717, 1.165) is 0 Å². The molecule has 1 aliphatic rings. The molecule has 0 spiro atoms. The molecule has 24 heavy (non-hydrogen) atoms. The lowest BCUT2D eigenvalue weighted by atomic mass is 10.1. The van der Waals surface area contributed by atoms with Crippen molar-refractivity contribution in [2.75, 3.05) is 13.2 Å². The fraction of sp³-hybridized carbons (Fsp3) is 0.533. The Bertz CT molecular complexity index is 691. The van der Waals surface area contributed by atoms with Crippen LogP contribution in [0.15, 0.2) is 29.2 Å². The van der Waals surface area contributed by atoms with E-state index in [4.69, 9.17) is 9.84 Å². The van der Waals surface area contributed by atoms with E-state index in [1.165, 1.54) is 24.3 Å². The number of carbonyl (C=O) groups excluding carboxylic acids is 1. The van der Waals surface area contributed by atoms with Gasteiger partial charge in [0.1, 0.15) is 0 Å². The molecule has 8 nitrogen and oxygen atoms in total. The van der Waals surface area contributed by atoms with Crippen LogP contribution in [0.1, 0.15) is 23.7 Å². The van der Waals surface area contributed by atoms with Gasteiger partial charge in [-0.25, -0.2) is 17.9 Å². The molecule has 1 aromatic carbocycles. The Morgan fingerprint density at radius 1 is 1.29 bits per heavy atom. The van der Waals surface area contributed by atoms with Gasteiger partial charge >= 0.3 is 5.97 Å². The van der Waals surface area contributed by atoms with Gasteiger partial charge < -0.3 is 20.1 Å². The number of sulfonamides is 1. The molecule has 0 bridgehead atoms. The molecule has 0 radical (unpaired) electrons. The van der Waals surface area contributed by atoms with Crippen LogP contribution in [0.4, 0.5) is 0 Å². The maximum Gasteiger partial charge on any atom is 0.339 e. The third-order valence-corrected chi connectivity index (χ3v) is 5.56. The summed E-state index contributed by atoms with van der Waals surface area (Å²) in [4.78, 5) is 11.7. The number of nitrogens with one attached hydrogen (secondary N) is 1. The van der Waals surface area contributed by atoms with E-state index in [1.807, 2.05) is 0 Å². The molecule has 0 saturated heterocycles. The SMILES string of the molecule is CCOC(=O)c1ccccc1S(=O)(=O)N[C@@H]1C[C@H](CO)[C@@H](O)[C@H]1O. The zero-order valence-electron chi connectivity index (χ0n) is 13.1. The van der Waals surface area contributed by atoms with Crippen molar-refractivity contribution >= 4 is 16.0 Å². The summed E-state index contributed by atoms with van der Waals surface area (Å²) < 4.78 is 32.3. The highest BCUT2D eigenvalue weighted by Crippen LogP contribution is 2.28. The molecule has 0 amide bonds. The Hall–Kier alpha value is -1.52. The monoisotopic (exact) mass is 359 g/mol. The Labute approximate surface area is 140 Å². The van der Waals surface area contributed by atoms with Gasteiger partial charge in [0.25, 0.3) is 0 Å². The van der Waals surface area contributed by atoms with E-state index in [2.05, 4.69) is 4.72 Å². The maximum atomic E-state index is 12.6. The minimum Gasteiger partial charge on any atom is -0.462 e. The quantitative estimate of drug-likeness (QED) is 0.491. The maximum absolute atomic E-state index is 12.6. The van der Waals surface area contributed by atoms with Crippen molar-refractivity contribution < 1.29 is 33.3 Å². The first kappa shape index (κ1) is 18.8. The molecule has 4 atom stereocenters. The average Bonchev–Trinajstić information content (AvgIpc) is 2.82. The summed E-state index contributed by atoms with van der Waals surface area (Å²) in [5.41, 5.74) is -0.112. The van der Waals surface area contributed by atoms with Gasteiger partial charge in [-0.3, -0.25) is 0 Å². The van der Waals surface area contributed by atoms with Gasteiger partial charge in [0.2, 0.25) is 10.0 Å². The van der Waals surface area contributed by atoms with Crippen molar-refractivity contribution in [3.05, 3.63) is 29.8 Å². The van der Waals surface area contributed by atoms with Crippen LogP contribution in [0, 0.1) is 5.92 Å². The number of carbonyl (C=O) groups is 1. The summed E-state index contributed by atoms with van der Waals surface area (Å²) in [5.74, 6) is -1.38. The summed E-state index contributed by atoms with van der Waals surface area (Å²) >= 11 is 0. The van der Waals surface area contributed by atoms with E-state index < -0.39 is 40.2 Å². The molecule has 0 aromatic heterocycles. The lowest BCUT2D eigenvalue weighted by Crippen LogP contribution is -2.43. The molecule has 1 aliphatic carbocycles. The summed E-state index contributed by atoms with van der Waals surface area (Å²) in [7, 11) is -4.13. The normalized spacial score (nSPS) is 27.2. The second kappa shape index (κ2) is 7.58. The van der Waals surface area contributed by atoms with Crippen LogP contribution in [0.5, 0.6) is 0 Å². The second-order valence-electron chi connectivity index (χ2n) is 5.60. The molecule has 1 aromatic rings. The Morgan fingerprint density at radius 2 is 1.96 bits per heavy atom. The van der Waals surface area contributed by atoms with Crippen molar-refractivity contribution in [1.29, 1.82) is 0 Å². The van der Waals surface area contributed by atoms with Gasteiger partial charge in [-0.2, -0.15) is 0 Å². The molecule has 134 valence electrons. The van der Waals surface area contributed by atoms with Gasteiger partial charge in [0, 0.05) is 12.5 Å². The third-order valence-electron chi connectivity index (χ3n) is 4.01. The highest BCUT2D eigenvalue weighted by molar-refractivity contribution is 7.89. The van der Waals surface area contributed by atoms with E-state index in [-0.39, 0.29) is 30.1 Å². The van der Waals surface area contributed by atoms with Gasteiger partial charge in [-0.05, 0) is 25.5 Å². The van der Waals surface area contributed by atoms with Gasteiger partial charge in [-0.1, -0.05) is 12.1 Å². The molecule has 2 rings (SSSR count).